The quantitative estimate of drug-likeness (QED) is 0.311. The summed E-state index contributed by atoms with van der Waals surface area (Å²) >= 11 is 1.11. The van der Waals surface area contributed by atoms with E-state index in [2.05, 4.69) is 15.5 Å². The van der Waals surface area contributed by atoms with Crippen LogP contribution in [0.4, 0.5) is 10.1 Å². The SMILES string of the molecule is Nn1c(SCC(=O)Nc2ccc(OCc3ccccc3)cc2)nnc1-c1ccccc1F. The van der Waals surface area contributed by atoms with Gasteiger partial charge in [-0.25, -0.2) is 9.07 Å². The van der Waals surface area contributed by atoms with Crippen LogP contribution >= 0.6 is 11.8 Å². The summed E-state index contributed by atoms with van der Waals surface area (Å²) in [5, 5.41) is 11.0. The number of nitrogens with zero attached hydrogens (tertiary/aromatic N) is 3. The van der Waals surface area contributed by atoms with Crippen molar-refractivity contribution in [1.82, 2.24) is 14.9 Å². The average Bonchev–Trinajstić information content (AvgIpc) is 3.18. The predicted octanol–water partition coefficient (Wildman–Crippen LogP) is 4.11. The number of amides is 1. The third-order valence-corrected chi connectivity index (χ3v) is 5.44. The van der Waals surface area contributed by atoms with Crippen LogP contribution in [0.1, 0.15) is 5.56 Å². The zero-order chi connectivity index (χ0) is 22.3. The molecule has 0 radical (unpaired) electrons. The first-order chi connectivity index (χ1) is 15.6. The minimum Gasteiger partial charge on any atom is -0.489 e. The number of hydrogen-bond donors (Lipinski definition) is 2. The lowest BCUT2D eigenvalue weighted by atomic mass is 10.2. The summed E-state index contributed by atoms with van der Waals surface area (Å²) in [5.74, 6) is 6.28. The van der Waals surface area contributed by atoms with Crippen molar-refractivity contribution in [1.29, 1.82) is 0 Å². The largest absolute Gasteiger partial charge is 0.489 e. The zero-order valence-corrected chi connectivity index (χ0v) is 17.8. The monoisotopic (exact) mass is 449 g/mol. The highest BCUT2D eigenvalue weighted by Gasteiger charge is 2.16. The number of hydrogen-bond acceptors (Lipinski definition) is 6. The van der Waals surface area contributed by atoms with Gasteiger partial charge in [0.2, 0.25) is 11.1 Å². The number of benzene rings is 3. The molecule has 4 rings (SSSR count). The summed E-state index contributed by atoms with van der Waals surface area (Å²) in [6.45, 7) is 0.470. The second kappa shape index (κ2) is 9.97. The number of nitrogens with two attached hydrogens (primary N) is 1. The van der Waals surface area contributed by atoms with Gasteiger partial charge >= 0.3 is 0 Å². The fourth-order valence-corrected chi connectivity index (χ4v) is 3.56. The zero-order valence-electron chi connectivity index (χ0n) is 16.9. The van der Waals surface area contributed by atoms with Crippen LogP contribution in [-0.4, -0.2) is 26.5 Å². The van der Waals surface area contributed by atoms with Gasteiger partial charge in [-0.2, -0.15) is 0 Å². The number of anilines is 1. The Bertz CT molecular complexity index is 1200. The molecule has 0 fully saturated rings. The van der Waals surface area contributed by atoms with Crippen LogP contribution < -0.4 is 15.9 Å². The van der Waals surface area contributed by atoms with Crippen molar-refractivity contribution in [3.8, 4) is 17.1 Å². The Kier molecular flexibility index (Phi) is 6.66. The predicted molar refractivity (Wildman–Crippen MR) is 122 cm³/mol. The smallest absolute Gasteiger partial charge is 0.234 e. The van der Waals surface area contributed by atoms with Crippen molar-refractivity contribution in [2.75, 3.05) is 16.9 Å². The van der Waals surface area contributed by atoms with E-state index in [1.165, 1.54) is 10.7 Å². The molecule has 0 unspecified atom stereocenters. The van der Waals surface area contributed by atoms with E-state index < -0.39 is 5.82 Å². The summed E-state index contributed by atoms with van der Waals surface area (Å²) in [6.07, 6.45) is 0. The molecule has 0 aliphatic carbocycles. The van der Waals surface area contributed by atoms with Crippen molar-refractivity contribution in [3.63, 3.8) is 0 Å². The summed E-state index contributed by atoms with van der Waals surface area (Å²) in [6, 6.07) is 23.1. The topological polar surface area (TPSA) is 95.1 Å². The van der Waals surface area contributed by atoms with E-state index in [1.807, 2.05) is 30.3 Å². The molecule has 162 valence electrons. The number of aromatic nitrogens is 3. The number of halogens is 1. The molecule has 0 saturated carbocycles. The average molecular weight is 450 g/mol. The van der Waals surface area contributed by atoms with Crippen molar-refractivity contribution in [2.24, 2.45) is 0 Å². The van der Waals surface area contributed by atoms with E-state index in [1.54, 1.807) is 42.5 Å². The lowest BCUT2D eigenvalue weighted by Gasteiger charge is -2.08. The van der Waals surface area contributed by atoms with Crippen LogP contribution in [0, 0.1) is 5.82 Å². The summed E-state index contributed by atoms with van der Waals surface area (Å²) in [5.41, 5.74) is 1.96. The minimum absolute atomic E-state index is 0.0683. The molecule has 9 heteroatoms. The van der Waals surface area contributed by atoms with Crippen molar-refractivity contribution >= 4 is 23.4 Å². The first-order valence-corrected chi connectivity index (χ1v) is 10.7. The minimum atomic E-state index is -0.447. The molecule has 1 aromatic heterocycles. The number of ether oxygens (including phenoxy) is 1. The third kappa shape index (κ3) is 5.25. The molecule has 7 nitrogen and oxygen atoms in total. The number of thioether (sulfide) groups is 1. The van der Waals surface area contributed by atoms with Crippen LogP contribution in [-0.2, 0) is 11.4 Å². The van der Waals surface area contributed by atoms with Crippen LogP contribution in [0.5, 0.6) is 5.75 Å². The maximum atomic E-state index is 14.0. The standard InChI is InChI=1S/C23H20FN5O2S/c24-20-9-5-4-8-19(20)22-27-28-23(29(22)25)32-15-21(30)26-17-10-12-18(13-11-17)31-14-16-6-2-1-3-7-16/h1-13H,14-15,25H2,(H,26,30). The van der Waals surface area contributed by atoms with Crippen LogP contribution in [0.2, 0.25) is 0 Å². The molecule has 3 N–H and O–H groups in total. The van der Waals surface area contributed by atoms with Gasteiger partial charge in [-0.1, -0.05) is 54.2 Å². The van der Waals surface area contributed by atoms with Gasteiger partial charge < -0.3 is 15.9 Å². The summed E-state index contributed by atoms with van der Waals surface area (Å²) in [7, 11) is 0. The second-order valence-electron chi connectivity index (χ2n) is 6.79. The molecule has 1 amide bonds. The lowest BCUT2D eigenvalue weighted by molar-refractivity contribution is -0.113. The van der Waals surface area contributed by atoms with Crippen molar-refractivity contribution in [2.45, 2.75) is 11.8 Å². The normalized spacial score (nSPS) is 10.7. The van der Waals surface area contributed by atoms with Crippen molar-refractivity contribution < 1.29 is 13.9 Å². The number of rotatable bonds is 8. The molecule has 0 saturated heterocycles. The second-order valence-corrected chi connectivity index (χ2v) is 7.73. The van der Waals surface area contributed by atoms with Gasteiger partial charge in [0.15, 0.2) is 5.82 Å². The van der Waals surface area contributed by atoms with E-state index in [0.717, 1.165) is 17.3 Å². The maximum Gasteiger partial charge on any atom is 0.234 e. The molecule has 0 aliphatic rings. The first kappa shape index (κ1) is 21.4. The Balaban J connectivity index is 1.29. The fourth-order valence-electron chi connectivity index (χ4n) is 2.90. The van der Waals surface area contributed by atoms with Gasteiger partial charge in [0.05, 0.1) is 11.3 Å². The Morgan fingerprint density at radius 1 is 1.00 bits per heavy atom. The van der Waals surface area contributed by atoms with E-state index in [9.17, 15) is 9.18 Å². The molecule has 32 heavy (non-hydrogen) atoms. The lowest BCUT2D eigenvalue weighted by Crippen LogP contribution is -2.16. The van der Waals surface area contributed by atoms with Crippen LogP contribution in [0.25, 0.3) is 11.4 Å². The number of nitrogen functional groups attached to an aromatic ring is 1. The van der Waals surface area contributed by atoms with E-state index in [-0.39, 0.29) is 23.0 Å². The molecule has 0 atom stereocenters. The van der Waals surface area contributed by atoms with Crippen molar-refractivity contribution in [3.05, 3.63) is 90.2 Å². The van der Waals surface area contributed by atoms with Crippen LogP contribution in [0.3, 0.4) is 0 Å². The van der Waals surface area contributed by atoms with E-state index in [0.29, 0.717) is 23.2 Å². The Morgan fingerprint density at radius 2 is 1.72 bits per heavy atom. The molecule has 1 heterocycles. The highest BCUT2D eigenvalue weighted by Crippen LogP contribution is 2.24. The molecule has 3 aromatic carbocycles. The first-order valence-electron chi connectivity index (χ1n) is 9.75. The number of carbonyl (C=O) groups is 1. The van der Waals surface area contributed by atoms with E-state index in [4.69, 9.17) is 10.6 Å². The molecule has 0 bridgehead atoms. The van der Waals surface area contributed by atoms with Gasteiger partial charge in [-0.15, -0.1) is 10.2 Å². The van der Waals surface area contributed by atoms with E-state index >= 15 is 0 Å². The van der Waals surface area contributed by atoms with Gasteiger partial charge in [0.25, 0.3) is 0 Å². The fraction of sp³-hybridized carbons (Fsp3) is 0.0870. The third-order valence-electron chi connectivity index (χ3n) is 4.50. The highest BCUT2D eigenvalue weighted by molar-refractivity contribution is 7.99. The van der Waals surface area contributed by atoms with Gasteiger partial charge in [0, 0.05) is 5.69 Å². The molecular formula is C23H20FN5O2S. The van der Waals surface area contributed by atoms with Gasteiger partial charge in [-0.05, 0) is 42.0 Å². The summed E-state index contributed by atoms with van der Waals surface area (Å²) < 4.78 is 20.9. The van der Waals surface area contributed by atoms with Gasteiger partial charge in [-0.3, -0.25) is 4.79 Å². The van der Waals surface area contributed by atoms with Crippen LogP contribution in [0.15, 0.2) is 84.0 Å². The number of carbonyl (C=O) groups excluding carboxylic acids is 1. The maximum absolute atomic E-state index is 14.0. The molecular weight excluding hydrogens is 429 g/mol. The molecule has 0 spiro atoms. The van der Waals surface area contributed by atoms with Gasteiger partial charge in [0.1, 0.15) is 18.2 Å². The highest BCUT2D eigenvalue weighted by atomic mass is 32.2. The Morgan fingerprint density at radius 3 is 2.47 bits per heavy atom. The Labute approximate surface area is 188 Å². The number of nitrogens with one attached hydrogen (secondary N) is 1. The molecule has 0 aliphatic heterocycles. The Hall–Kier alpha value is -3.85. The molecule has 4 aromatic rings. The summed E-state index contributed by atoms with van der Waals surface area (Å²) in [4.78, 5) is 12.3.